The third-order valence-corrected chi connectivity index (χ3v) is 9.69. The quantitative estimate of drug-likeness (QED) is 0.476. The summed E-state index contributed by atoms with van der Waals surface area (Å²) in [6.07, 6.45) is -1.51. The second-order valence-corrected chi connectivity index (χ2v) is 12.4. The number of rotatable bonds is 7. The van der Waals surface area contributed by atoms with Crippen LogP contribution < -0.4 is 4.74 Å². The molecule has 0 unspecified atom stereocenters. The van der Waals surface area contributed by atoms with Crippen molar-refractivity contribution in [2.75, 3.05) is 19.6 Å². The number of amides is 2. The lowest BCUT2D eigenvalue weighted by Gasteiger charge is -2.45. The number of benzene rings is 1. The second kappa shape index (κ2) is 11.6. The van der Waals surface area contributed by atoms with Crippen LogP contribution >= 0.6 is 11.6 Å². The first-order valence-electron chi connectivity index (χ1n) is 14.5. The topological polar surface area (TPSA) is 118 Å². The second-order valence-electron chi connectivity index (χ2n) is 12.0. The lowest BCUT2D eigenvalue weighted by Crippen LogP contribution is -2.52. The Balaban J connectivity index is 1.55. The predicted molar refractivity (Wildman–Crippen MR) is 148 cm³/mol. The van der Waals surface area contributed by atoms with E-state index in [0.29, 0.717) is 59.5 Å². The van der Waals surface area contributed by atoms with E-state index in [9.17, 15) is 32.7 Å². The van der Waals surface area contributed by atoms with Gasteiger partial charge in [-0.1, -0.05) is 36.6 Å². The number of aromatic nitrogens is 3. The van der Waals surface area contributed by atoms with Crippen LogP contribution in [0.4, 0.5) is 13.2 Å². The molecule has 1 aliphatic carbocycles. The molecule has 2 aliphatic heterocycles. The number of carboxylic acid groups (broad SMARTS) is 1. The molecule has 4 atom stereocenters. The summed E-state index contributed by atoms with van der Waals surface area (Å²) in [5, 5.41) is 17.7. The predicted octanol–water partition coefficient (Wildman–Crippen LogP) is 4.64. The fourth-order valence-corrected chi connectivity index (χ4v) is 7.08. The smallest absolute Gasteiger partial charge is 0.435 e. The van der Waals surface area contributed by atoms with Crippen molar-refractivity contribution in [1.82, 2.24) is 24.8 Å². The molecule has 14 heteroatoms. The first-order chi connectivity index (χ1) is 20.2. The summed E-state index contributed by atoms with van der Waals surface area (Å²) in [7, 11) is 1.15. The number of nitrogens with zero attached hydrogens (tertiary/aromatic N) is 5. The summed E-state index contributed by atoms with van der Waals surface area (Å²) in [5.74, 6) is -2.16. The van der Waals surface area contributed by atoms with Gasteiger partial charge in [0.05, 0.1) is 17.4 Å². The molecule has 0 spiro atoms. The Bertz CT molecular complexity index is 1430. The first kappa shape index (κ1) is 31.1. The SMILES string of the molecule is C[C@H]1CCN(C[C@@H]2c3c(OCc4nnn(C)c4C(F)(F)F)ccc(Cl)c3CCN2C(=O)[C@@H]2CCCC[C@]2(C)C(=O)O)C1=O. The van der Waals surface area contributed by atoms with E-state index in [2.05, 4.69) is 10.3 Å². The normalized spacial score (nSPS) is 26.0. The van der Waals surface area contributed by atoms with E-state index in [1.54, 1.807) is 28.9 Å². The van der Waals surface area contributed by atoms with Gasteiger partial charge in [-0.15, -0.1) is 5.10 Å². The third kappa shape index (κ3) is 5.67. The lowest BCUT2D eigenvalue weighted by molar-refractivity contribution is -0.162. The minimum Gasteiger partial charge on any atom is -0.487 e. The monoisotopic (exact) mass is 625 g/mol. The summed E-state index contributed by atoms with van der Waals surface area (Å²) >= 11 is 6.62. The molecule has 1 N–H and O–H groups in total. The summed E-state index contributed by atoms with van der Waals surface area (Å²) in [5.41, 5.74) is -1.50. The highest BCUT2D eigenvalue weighted by molar-refractivity contribution is 6.31. The molecule has 1 aromatic carbocycles. The van der Waals surface area contributed by atoms with Crippen LogP contribution in [-0.2, 0) is 40.6 Å². The maximum absolute atomic E-state index is 14.3. The molecule has 2 fully saturated rings. The van der Waals surface area contributed by atoms with Crippen molar-refractivity contribution >= 4 is 29.4 Å². The number of hydrogen-bond donors (Lipinski definition) is 1. The van der Waals surface area contributed by atoms with Gasteiger partial charge in [0.2, 0.25) is 11.8 Å². The van der Waals surface area contributed by atoms with Crippen LogP contribution in [-0.4, -0.2) is 67.3 Å². The van der Waals surface area contributed by atoms with Gasteiger partial charge in [-0.2, -0.15) is 13.2 Å². The highest BCUT2D eigenvalue weighted by Crippen LogP contribution is 2.47. The Morgan fingerprint density at radius 2 is 1.95 bits per heavy atom. The molecule has 1 saturated carbocycles. The number of carbonyl (C=O) groups excluding carboxylic acids is 2. The Morgan fingerprint density at radius 3 is 2.60 bits per heavy atom. The molecule has 3 heterocycles. The molecule has 234 valence electrons. The summed E-state index contributed by atoms with van der Waals surface area (Å²) in [6.45, 7) is 3.75. The number of halogens is 4. The van der Waals surface area contributed by atoms with Gasteiger partial charge in [0.15, 0.2) is 5.69 Å². The Kier molecular flexibility index (Phi) is 8.40. The molecule has 5 rings (SSSR count). The zero-order valence-corrected chi connectivity index (χ0v) is 25.0. The molecular formula is C29H35ClF3N5O5. The number of hydrogen-bond acceptors (Lipinski definition) is 6. The number of fused-ring (bicyclic) bond motifs is 1. The molecule has 2 aromatic rings. The van der Waals surface area contributed by atoms with E-state index in [-0.39, 0.29) is 36.6 Å². The number of alkyl halides is 3. The molecule has 0 bridgehead atoms. The lowest BCUT2D eigenvalue weighted by atomic mass is 9.66. The van der Waals surface area contributed by atoms with Gasteiger partial charge in [-0.25, -0.2) is 4.68 Å². The number of carboxylic acids is 1. The molecule has 1 aromatic heterocycles. The van der Waals surface area contributed by atoms with Crippen molar-refractivity contribution in [1.29, 1.82) is 0 Å². The van der Waals surface area contributed by atoms with Gasteiger partial charge < -0.3 is 19.6 Å². The summed E-state index contributed by atoms with van der Waals surface area (Å²) in [4.78, 5) is 43.0. The number of likely N-dealkylation sites (tertiary alicyclic amines) is 1. The molecule has 2 amide bonds. The van der Waals surface area contributed by atoms with Gasteiger partial charge in [-0.05, 0) is 50.3 Å². The first-order valence-corrected chi connectivity index (χ1v) is 14.8. The molecular weight excluding hydrogens is 591 g/mol. The van der Waals surface area contributed by atoms with Crippen molar-refractivity contribution in [3.63, 3.8) is 0 Å². The van der Waals surface area contributed by atoms with Crippen LogP contribution in [0.2, 0.25) is 5.02 Å². The van der Waals surface area contributed by atoms with E-state index in [1.165, 1.54) is 0 Å². The number of aliphatic carboxylic acids is 1. The van der Waals surface area contributed by atoms with E-state index in [4.69, 9.17) is 16.3 Å². The van der Waals surface area contributed by atoms with Crippen LogP contribution in [0.1, 0.15) is 74.5 Å². The average Bonchev–Trinajstić information content (AvgIpc) is 3.49. The van der Waals surface area contributed by atoms with Gasteiger partial charge >= 0.3 is 12.1 Å². The van der Waals surface area contributed by atoms with Crippen molar-refractivity contribution in [2.45, 2.75) is 71.2 Å². The summed E-state index contributed by atoms with van der Waals surface area (Å²) < 4.78 is 47.7. The molecule has 10 nitrogen and oxygen atoms in total. The van der Waals surface area contributed by atoms with Crippen LogP contribution in [0.3, 0.4) is 0 Å². The van der Waals surface area contributed by atoms with E-state index in [0.717, 1.165) is 13.5 Å². The van der Waals surface area contributed by atoms with Crippen molar-refractivity contribution in [3.05, 3.63) is 39.7 Å². The zero-order chi connectivity index (χ0) is 31.3. The maximum atomic E-state index is 14.3. The highest BCUT2D eigenvalue weighted by Gasteiger charge is 2.50. The molecule has 43 heavy (non-hydrogen) atoms. The van der Waals surface area contributed by atoms with Crippen molar-refractivity contribution in [2.24, 2.45) is 24.3 Å². The number of carbonyl (C=O) groups is 3. The van der Waals surface area contributed by atoms with Crippen LogP contribution in [0.25, 0.3) is 0 Å². The highest BCUT2D eigenvalue weighted by atomic mass is 35.5. The van der Waals surface area contributed by atoms with E-state index >= 15 is 0 Å². The maximum Gasteiger partial charge on any atom is 0.435 e. The minimum absolute atomic E-state index is 0.0635. The van der Waals surface area contributed by atoms with Crippen LogP contribution in [0.5, 0.6) is 5.75 Å². The van der Waals surface area contributed by atoms with Gasteiger partial charge in [-0.3, -0.25) is 14.4 Å². The van der Waals surface area contributed by atoms with Crippen molar-refractivity contribution in [3.8, 4) is 5.75 Å². The van der Waals surface area contributed by atoms with Gasteiger partial charge in [0.25, 0.3) is 0 Å². The van der Waals surface area contributed by atoms with E-state index in [1.807, 2.05) is 6.92 Å². The fraction of sp³-hybridized carbons (Fsp3) is 0.621. The van der Waals surface area contributed by atoms with E-state index < -0.39 is 47.5 Å². The third-order valence-electron chi connectivity index (χ3n) is 9.34. The van der Waals surface area contributed by atoms with Crippen LogP contribution in [0.15, 0.2) is 12.1 Å². The Morgan fingerprint density at radius 1 is 1.21 bits per heavy atom. The Hall–Kier alpha value is -3.35. The van der Waals surface area contributed by atoms with Gasteiger partial charge in [0, 0.05) is 43.2 Å². The Labute approximate surface area is 252 Å². The van der Waals surface area contributed by atoms with Gasteiger partial charge in [0.1, 0.15) is 18.1 Å². The van der Waals surface area contributed by atoms with Crippen LogP contribution in [0, 0.1) is 17.3 Å². The number of ether oxygens (including phenoxy) is 1. The number of aryl methyl sites for hydroxylation is 1. The molecule has 1 saturated heterocycles. The molecule has 0 radical (unpaired) electrons. The fourth-order valence-electron chi connectivity index (χ4n) is 6.82. The largest absolute Gasteiger partial charge is 0.487 e. The standard InChI is InChI=1S/C29H35ClF3N5O5/c1-16-9-12-37(25(16)39)14-21-23-17(10-13-38(21)26(40)18-6-4-5-11-28(18,2)27(41)42)19(30)7-8-22(23)43-15-20-24(29(31,32)33)36(3)35-34-20/h7-8,16,18,21H,4-6,9-15H2,1-3H3,(H,41,42)/t16-,18-,21+,28-/m0/s1. The minimum atomic E-state index is -4.70. The average molecular weight is 626 g/mol. The van der Waals surface area contributed by atoms with Crippen molar-refractivity contribution < 1.29 is 37.4 Å². The molecule has 3 aliphatic rings. The summed E-state index contributed by atoms with van der Waals surface area (Å²) in [6, 6.07) is 2.39. The zero-order valence-electron chi connectivity index (χ0n) is 24.3.